The second-order valence-corrected chi connectivity index (χ2v) is 6.96. The summed E-state index contributed by atoms with van der Waals surface area (Å²) in [6.07, 6.45) is -0.111. The van der Waals surface area contributed by atoms with Crippen LogP contribution in [0.4, 0.5) is 4.79 Å². The lowest BCUT2D eigenvalue weighted by atomic mass is 10.1. The van der Waals surface area contributed by atoms with Crippen LogP contribution >= 0.6 is 0 Å². The van der Waals surface area contributed by atoms with E-state index in [4.69, 9.17) is 13.9 Å². The van der Waals surface area contributed by atoms with Crippen molar-refractivity contribution in [2.45, 2.75) is 45.8 Å². The zero-order valence-electron chi connectivity index (χ0n) is 16.3. The topological polar surface area (TPSA) is 94.8 Å². The van der Waals surface area contributed by atoms with Crippen LogP contribution in [-0.4, -0.2) is 46.4 Å². The fraction of sp³-hybridized carbons (Fsp3) is 0.474. The molecule has 0 aliphatic carbocycles. The number of carbonyl (C=O) groups is 2. The summed E-state index contributed by atoms with van der Waals surface area (Å²) in [6, 6.07) is 8.96. The summed E-state index contributed by atoms with van der Waals surface area (Å²) in [7, 11) is 1.59. The second kappa shape index (κ2) is 8.66. The molecule has 0 saturated heterocycles. The Bertz CT molecular complexity index is 767. The average Bonchev–Trinajstić information content (AvgIpc) is 3.08. The van der Waals surface area contributed by atoms with E-state index in [0.29, 0.717) is 6.42 Å². The van der Waals surface area contributed by atoms with E-state index in [1.54, 1.807) is 34.7 Å². The molecule has 0 N–H and O–H groups in total. The summed E-state index contributed by atoms with van der Waals surface area (Å²) in [5, 5.41) is 7.69. The van der Waals surface area contributed by atoms with Crippen LogP contribution in [0.2, 0.25) is 0 Å². The number of ether oxygens (including phenoxy) is 2. The van der Waals surface area contributed by atoms with Crippen molar-refractivity contribution in [2.75, 3.05) is 13.7 Å². The van der Waals surface area contributed by atoms with E-state index >= 15 is 0 Å². The number of esters is 1. The van der Waals surface area contributed by atoms with Gasteiger partial charge in [0, 0.05) is 13.5 Å². The minimum atomic E-state index is -0.699. The van der Waals surface area contributed by atoms with Crippen LogP contribution in [0.5, 0.6) is 0 Å². The molecule has 8 nitrogen and oxygen atoms in total. The van der Waals surface area contributed by atoms with Gasteiger partial charge in [-0.05, 0) is 33.3 Å². The van der Waals surface area contributed by atoms with Crippen LogP contribution < -0.4 is 0 Å². The van der Waals surface area contributed by atoms with Gasteiger partial charge in [0.2, 0.25) is 5.89 Å². The van der Waals surface area contributed by atoms with Gasteiger partial charge in [-0.15, -0.1) is 10.2 Å². The Morgan fingerprint density at radius 1 is 1.19 bits per heavy atom. The van der Waals surface area contributed by atoms with E-state index in [2.05, 4.69) is 10.2 Å². The van der Waals surface area contributed by atoms with Crippen molar-refractivity contribution < 1.29 is 23.5 Å². The van der Waals surface area contributed by atoms with Crippen molar-refractivity contribution in [1.82, 2.24) is 15.1 Å². The van der Waals surface area contributed by atoms with Crippen LogP contribution in [0.3, 0.4) is 0 Å². The Hall–Kier alpha value is -2.90. The highest BCUT2D eigenvalue weighted by Crippen LogP contribution is 2.25. The number of carbonyl (C=O) groups excluding carboxylic acids is 2. The second-order valence-electron chi connectivity index (χ2n) is 6.96. The number of amides is 1. The van der Waals surface area contributed by atoms with Crippen LogP contribution in [0.1, 0.15) is 55.9 Å². The molecule has 1 aromatic heterocycles. The monoisotopic (exact) mass is 375 g/mol. The molecule has 0 saturated carbocycles. The lowest BCUT2D eigenvalue weighted by Crippen LogP contribution is -2.37. The number of aromatic nitrogens is 2. The van der Waals surface area contributed by atoms with Gasteiger partial charge in [-0.1, -0.05) is 30.3 Å². The van der Waals surface area contributed by atoms with Gasteiger partial charge < -0.3 is 13.9 Å². The number of hydrogen-bond acceptors (Lipinski definition) is 7. The molecule has 1 heterocycles. The van der Waals surface area contributed by atoms with Crippen molar-refractivity contribution in [3.05, 3.63) is 47.7 Å². The number of hydrogen-bond donors (Lipinski definition) is 0. The fourth-order valence-electron chi connectivity index (χ4n) is 2.33. The van der Waals surface area contributed by atoms with E-state index in [-0.39, 0.29) is 18.4 Å². The highest BCUT2D eigenvalue weighted by molar-refractivity contribution is 5.83. The quantitative estimate of drug-likeness (QED) is 0.714. The Morgan fingerprint density at radius 2 is 1.85 bits per heavy atom. The maximum absolute atomic E-state index is 12.5. The molecule has 27 heavy (non-hydrogen) atoms. The number of rotatable bonds is 6. The summed E-state index contributed by atoms with van der Waals surface area (Å²) in [4.78, 5) is 25.7. The van der Waals surface area contributed by atoms with Gasteiger partial charge in [0.05, 0.1) is 6.61 Å². The maximum Gasteiger partial charge on any atom is 0.410 e. The minimum Gasteiger partial charge on any atom is -0.459 e. The molecule has 1 atom stereocenters. The van der Waals surface area contributed by atoms with Gasteiger partial charge in [-0.25, -0.2) is 9.59 Å². The lowest BCUT2D eigenvalue weighted by molar-refractivity contribution is 0.0193. The summed E-state index contributed by atoms with van der Waals surface area (Å²) < 4.78 is 15.8. The van der Waals surface area contributed by atoms with E-state index < -0.39 is 23.7 Å². The molecule has 1 amide bonds. The third-order valence-electron chi connectivity index (χ3n) is 3.60. The largest absolute Gasteiger partial charge is 0.459 e. The van der Waals surface area contributed by atoms with Gasteiger partial charge in [0.15, 0.2) is 0 Å². The predicted molar refractivity (Wildman–Crippen MR) is 97.1 cm³/mol. The zero-order valence-corrected chi connectivity index (χ0v) is 16.3. The van der Waals surface area contributed by atoms with Crippen LogP contribution in [0.15, 0.2) is 34.7 Å². The smallest absolute Gasteiger partial charge is 0.410 e. The fourth-order valence-corrected chi connectivity index (χ4v) is 2.33. The Labute approximate surface area is 158 Å². The highest BCUT2D eigenvalue weighted by atomic mass is 16.6. The SMILES string of the molecule is CCOC(=O)c1nnc(C(Cc2ccccc2)N(C)C(=O)OC(C)(C)C)o1. The van der Waals surface area contributed by atoms with Crippen molar-refractivity contribution >= 4 is 12.1 Å². The summed E-state index contributed by atoms with van der Waals surface area (Å²) in [5.41, 5.74) is 0.321. The van der Waals surface area contributed by atoms with Gasteiger partial charge in [0.25, 0.3) is 0 Å². The third-order valence-corrected chi connectivity index (χ3v) is 3.60. The molecular weight excluding hydrogens is 350 g/mol. The van der Waals surface area contributed by atoms with Gasteiger partial charge >= 0.3 is 18.0 Å². The molecule has 1 unspecified atom stereocenters. The van der Waals surface area contributed by atoms with E-state index in [1.165, 1.54) is 4.90 Å². The molecule has 2 aromatic rings. The van der Waals surface area contributed by atoms with E-state index in [1.807, 2.05) is 30.3 Å². The number of nitrogens with zero attached hydrogens (tertiary/aromatic N) is 3. The summed E-state index contributed by atoms with van der Waals surface area (Å²) in [6.45, 7) is 7.25. The predicted octanol–water partition coefficient (Wildman–Crippen LogP) is 3.40. The molecule has 0 aliphatic rings. The van der Waals surface area contributed by atoms with Crippen molar-refractivity contribution in [1.29, 1.82) is 0 Å². The first-order chi connectivity index (χ1) is 12.7. The van der Waals surface area contributed by atoms with Crippen LogP contribution in [0.25, 0.3) is 0 Å². The molecule has 146 valence electrons. The Morgan fingerprint density at radius 3 is 2.44 bits per heavy atom. The van der Waals surface area contributed by atoms with Crippen LogP contribution in [0, 0.1) is 0 Å². The molecule has 0 fully saturated rings. The molecule has 0 radical (unpaired) electrons. The number of benzene rings is 1. The van der Waals surface area contributed by atoms with E-state index in [0.717, 1.165) is 5.56 Å². The van der Waals surface area contributed by atoms with Gasteiger partial charge in [-0.2, -0.15) is 0 Å². The number of likely N-dealkylation sites (N-methyl/N-ethyl adjacent to an activating group) is 1. The molecular formula is C19H25N3O5. The van der Waals surface area contributed by atoms with Crippen LogP contribution in [-0.2, 0) is 15.9 Å². The normalized spacial score (nSPS) is 12.3. The van der Waals surface area contributed by atoms with E-state index in [9.17, 15) is 9.59 Å². The molecule has 2 rings (SSSR count). The lowest BCUT2D eigenvalue weighted by Gasteiger charge is -2.29. The first-order valence-corrected chi connectivity index (χ1v) is 8.71. The zero-order chi connectivity index (χ0) is 20.0. The average molecular weight is 375 g/mol. The van der Waals surface area contributed by atoms with Gasteiger partial charge in [0.1, 0.15) is 11.6 Å². The van der Waals surface area contributed by atoms with Crippen molar-refractivity contribution in [2.24, 2.45) is 0 Å². The van der Waals surface area contributed by atoms with Crippen molar-refractivity contribution in [3.63, 3.8) is 0 Å². The molecule has 0 bridgehead atoms. The Balaban J connectivity index is 2.29. The first-order valence-electron chi connectivity index (χ1n) is 8.71. The standard InChI is InChI=1S/C19H25N3O5/c1-6-25-17(23)16-21-20-15(26-16)14(12-13-10-8-7-9-11-13)22(5)18(24)27-19(2,3)4/h7-11,14H,6,12H2,1-5H3. The maximum atomic E-state index is 12.5. The van der Waals surface area contributed by atoms with Crippen molar-refractivity contribution in [3.8, 4) is 0 Å². The molecule has 0 spiro atoms. The summed E-state index contributed by atoms with van der Waals surface area (Å²) in [5.74, 6) is -0.813. The highest BCUT2D eigenvalue weighted by Gasteiger charge is 2.31. The minimum absolute atomic E-state index is 0.135. The molecule has 1 aromatic carbocycles. The van der Waals surface area contributed by atoms with Gasteiger partial charge in [-0.3, -0.25) is 4.90 Å². The molecule has 0 aliphatic heterocycles. The first kappa shape index (κ1) is 20.4. The third kappa shape index (κ3) is 5.80. The summed E-state index contributed by atoms with van der Waals surface area (Å²) >= 11 is 0. The Kier molecular flexibility index (Phi) is 6.55. The molecule has 8 heteroatoms.